The maximum Gasteiger partial charge on any atom is 0.241 e. The normalized spacial score (nSPS) is 23.4. The Morgan fingerprint density at radius 2 is 1.94 bits per heavy atom. The van der Waals surface area contributed by atoms with Crippen LogP contribution in [0, 0.1) is 6.92 Å². The van der Waals surface area contributed by atoms with Crippen LogP contribution in [-0.2, 0) is 0 Å². The van der Waals surface area contributed by atoms with E-state index in [0.717, 1.165) is 35.7 Å². The minimum absolute atomic E-state index is 0.0745. The van der Waals surface area contributed by atoms with Gasteiger partial charge in [0.15, 0.2) is 0 Å². The molecule has 0 amide bonds. The maximum absolute atomic E-state index is 6.03. The molecule has 0 bridgehead atoms. The van der Waals surface area contributed by atoms with Gasteiger partial charge >= 0.3 is 0 Å². The Bertz CT molecular complexity index is 570. The van der Waals surface area contributed by atoms with Crippen molar-refractivity contribution in [2.45, 2.75) is 38.3 Å². The Morgan fingerprint density at radius 3 is 2.67 bits per heavy atom. The number of hydrogen-bond donors (Lipinski definition) is 1. The zero-order valence-electron chi connectivity index (χ0n) is 10.5. The quantitative estimate of drug-likeness (QED) is 0.878. The van der Waals surface area contributed by atoms with Gasteiger partial charge in [-0.1, -0.05) is 18.2 Å². The zero-order valence-corrected chi connectivity index (χ0v) is 10.5. The van der Waals surface area contributed by atoms with E-state index in [-0.39, 0.29) is 12.1 Å². The van der Waals surface area contributed by atoms with Gasteiger partial charge in [-0.15, -0.1) is 5.10 Å². The van der Waals surface area contributed by atoms with Gasteiger partial charge in [0.2, 0.25) is 5.88 Å². The molecular formula is C14H17N3O. The third-order valence-electron chi connectivity index (χ3n) is 3.60. The SMILES string of the molecule is Cc1nnc(OC2CCCC2N)c2ccccc12. The average Bonchev–Trinajstić information content (AvgIpc) is 2.79. The van der Waals surface area contributed by atoms with E-state index in [1.165, 1.54) is 0 Å². The summed E-state index contributed by atoms with van der Waals surface area (Å²) in [6.45, 7) is 1.96. The summed E-state index contributed by atoms with van der Waals surface area (Å²) in [6, 6.07) is 8.17. The van der Waals surface area contributed by atoms with Gasteiger partial charge in [0.1, 0.15) is 6.10 Å². The molecule has 2 unspecified atom stereocenters. The summed E-state index contributed by atoms with van der Waals surface area (Å²) in [5, 5.41) is 10.4. The minimum atomic E-state index is 0.0745. The topological polar surface area (TPSA) is 61.0 Å². The molecule has 1 aromatic carbocycles. The van der Waals surface area contributed by atoms with Crippen molar-refractivity contribution in [1.29, 1.82) is 0 Å². The van der Waals surface area contributed by atoms with E-state index in [2.05, 4.69) is 10.2 Å². The van der Waals surface area contributed by atoms with Crippen molar-refractivity contribution in [1.82, 2.24) is 10.2 Å². The molecule has 0 spiro atoms. The van der Waals surface area contributed by atoms with Crippen LogP contribution in [0.1, 0.15) is 25.0 Å². The molecule has 1 fully saturated rings. The van der Waals surface area contributed by atoms with Gasteiger partial charge in [-0.2, -0.15) is 5.10 Å². The number of nitrogens with two attached hydrogens (primary N) is 1. The highest BCUT2D eigenvalue weighted by Gasteiger charge is 2.26. The molecule has 1 aromatic heterocycles. The molecule has 1 aliphatic carbocycles. The maximum atomic E-state index is 6.03. The van der Waals surface area contributed by atoms with Crippen molar-refractivity contribution in [2.75, 3.05) is 0 Å². The number of benzene rings is 1. The van der Waals surface area contributed by atoms with Crippen molar-refractivity contribution >= 4 is 10.8 Å². The van der Waals surface area contributed by atoms with Crippen LogP contribution in [0.25, 0.3) is 10.8 Å². The lowest BCUT2D eigenvalue weighted by molar-refractivity contribution is 0.184. The van der Waals surface area contributed by atoms with Gasteiger partial charge in [0.25, 0.3) is 0 Å². The molecule has 1 aliphatic rings. The summed E-state index contributed by atoms with van der Waals surface area (Å²) < 4.78 is 5.96. The molecule has 4 nitrogen and oxygen atoms in total. The molecule has 4 heteroatoms. The Morgan fingerprint density at radius 1 is 1.17 bits per heavy atom. The van der Waals surface area contributed by atoms with Gasteiger partial charge in [-0.05, 0) is 32.3 Å². The van der Waals surface area contributed by atoms with Crippen LogP contribution < -0.4 is 10.5 Å². The summed E-state index contributed by atoms with van der Waals surface area (Å²) in [6.07, 6.45) is 3.24. The van der Waals surface area contributed by atoms with E-state index >= 15 is 0 Å². The van der Waals surface area contributed by atoms with Crippen molar-refractivity contribution < 1.29 is 4.74 Å². The molecule has 0 aliphatic heterocycles. The highest BCUT2D eigenvalue weighted by Crippen LogP contribution is 2.28. The summed E-state index contributed by atoms with van der Waals surface area (Å²) in [5.74, 6) is 0.610. The van der Waals surface area contributed by atoms with Crippen LogP contribution in [0.3, 0.4) is 0 Å². The second-order valence-electron chi connectivity index (χ2n) is 4.89. The Hall–Kier alpha value is -1.68. The highest BCUT2D eigenvalue weighted by molar-refractivity contribution is 5.88. The fraction of sp³-hybridized carbons (Fsp3) is 0.429. The first-order chi connectivity index (χ1) is 8.75. The third kappa shape index (κ3) is 1.93. The lowest BCUT2D eigenvalue weighted by Crippen LogP contribution is -2.33. The van der Waals surface area contributed by atoms with Crippen LogP contribution in [-0.4, -0.2) is 22.3 Å². The molecule has 94 valence electrons. The van der Waals surface area contributed by atoms with Gasteiger partial charge in [-0.25, -0.2) is 0 Å². The lowest BCUT2D eigenvalue weighted by Gasteiger charge is -2.18. The Kier molecular flexibility index (Phi) is 2.88. The number of ether oxygens (including phenoxy) is 1. The third-order valence-corrected chi connectivity index (χ3v) is 3.60. The number of hydrogen-bond acceptors (Lipinski definition) is 4. The monoisotopic (exact) mass is 243 g/mol. The van der Waals surface area contributed by atoms with Crippen LogP contribution >= 0.6 is 0 Å². The largest absolute Gasteiger partial charge is 0.471 e. The fourth-order valence-corrected chi connectivity index (χ4v) is 2.54. The number of aromatic nitrogens is 2. The molecule has 0 saturated heterocycles. The molecule has 2 aromatic rings. The molecule has 18 heavy (non-hydrogen) atoms. The van der Waals surface area contributed by atoms with Crippen molar-refractivity contribution in [3.05, 3.63) is 30.0 Å². The van der Waals surface area contributed by atoms with Gasteiger partial charge in [0, 0.05) is 16.8 Å². The van der Waals surface area contributed by atoms with Gasteiger partial charge < -0.3 is 10.5 Å². The summed E-state index contributed by atoms with van der Waals surface area (Å²) in [4.78, 5) is 0. The van der Waals surface area contributed by atoms with Crippen LogP contribution in [0.15, 0.2) is 24.3 Å². The molecule has 1 saturated carbocycles. The first-order valence-corrected chi connectivity index (χ1v) is 6.40. The first-order valence-electron chi connectivity index (χ1n) is 6.40. The van der Waals surface area contributed by atoms with E-state index in [1.807, 2.05) is 31.2 Å². The smallest absolute Gasteiger partial charge is 0.241 e. The van der Waals surface area contributed by atoms with E-state index in [1.54, 1.807) is 0 Å². The number of rotatable bonds is 2. The average molecular weight is 243 g/mol. The molecule has 2 N–H and O–H groups in total. The second kappa shape index (κ2) is 4.53. The van der Waals surface area contributed by atoms with Gasteiger partial charge in [-0.3, -0.25) is 0 Å². The van der Waals surface area contributed by atoms with E-state index in [9.17, 15) is 0 Å². The summed E-state index contributed by atoms with van der Waals surface area (Å²) >= 11 is 0. The lowest BCUT2D eigenvalue weighted by atomic mass is 10.1. The van der Waals surface area contributed by atoms with Crippen LogP contribution in [0.5, 0.6) is 5.88 Å². The summed E-state index contributed by atoms with van der Waals surface area (Å²) in [5.41, 5.74) is 6.95. The predicted molar refractivity (Wildman–Crippen MR) is 70.5 cm³/mol. The predicted octanol–water partition coefficient (Wildman–Crippen LogP) is 2.20. The van der Waals surface area contributed by atoms with Crippen molar-refractivity contribution in [3.63, 3.8) is 0 Å². The van der Waals surface area contributed by atoms with E-state index in [4.69, 9.17) is 10.5 Å². The van der Waals surface area contributed by atoms with Crippen LogP contribution in [0.2, 0.25) is 0 Å². The molecule has 0 radical (unpaired) electrons. The molecule has 3 rings (SSSR count). The highest BCUT2D eigenvalue weighted by atomic mass is 16.5. The zero-order chi connectivity index (χ0) is 12.5. The van der Waals surface area contributed by atoms with E-state index in [0.29, 0.717) is 5.88 Å². The Balaban J connectivity index is 1.99. The van der Waals surface area contributed by atoms with Crippen molar-refractivity contribution in [2.24, 2.45) is 5.73 Å². The second-order valence-corrected chi connectivity index (χ2v) is 4.89. The molecule has 2 atom stereocenters. The fourth-order valence-electron chi connectivity index (χ4n) is 2.54. The minimum Gasteiger partial charge on any atom is -0.471 e. The molecule has 1 heterocycles. The van der Waals surface area contributed by atoms with Gasteiger partial charge in [0.05, 0.1) is 5.69 Å². The molecular weight excluding hydrogens is 226 g/mol. The Labute approximate surface area is 106 Å². The van der Waals surface area contributed by atoms with Crippen molar-refractivity contribution in [3.8, 4) is 5.88 Å². The van der Waals surface area contributed by atoms with E-state index < -0.39 is 0 Å². The standard InChI is InChI=1S/C14H17N3O/c1-9-10-5-2-3-6-11(10)14(17-16-9)18-13-8-4-7-12(13)15/h2-3,5-6,12-13H,4,7-8,15H2,1H3. The first kappa shape index (κ1) is 11.4. The number of aryl methyl sites for hydroxylation is 1. The summed E-state index contributed by atoms with van der Waals surface area (Å²) in [7, 11) is 0. The van der Waals surface area contributed by atoms with Crippen LogP contribution in [0.4, 0.5) is 0 Å². The number of fused-ring (bicyclic) bond motifs is 1. The number of nitrogens with zero attached hydrogens (tertiary/aromatic N) is 2.